The highest BCUT2D eigenvalue weighted by atomic mass is 16.1. The standard InChI is InChI=1S/C7H12O/c1-5-6(8)4-7(5,2)3/h5H,4H2,1-3H3. The van der Waals surface area contributed by atoms with Gasteiger partial charge in [-0.1, -0.05) is 20.8 Å². The smallest absolute Gasteiger partial charge is 0.136 e. The van der Waals surface area contributed by atoms with Crippen LogP contribution in [0.15, 0.2) is 0 Å². The van der Waals surface area contributed by atoms with Crippen LogP contribution in [0.4, 0.5) is 0 Å². The molecule has 1 atom stereocenters. The van der Waals surface area contributed by atoms with Gasteiger partial charge in [0.05, 0.1) is 0 Å². The van der Waals surface area contributed by atoms with Crippen molar-refractivity contribution in [2.24, 2.45) is 11.3 Å². The molecule has 0 amide bonds. The summed E-state index contributed by atoms with van der Waals surface area (Å²) in [6.07, 6.45) is 0.786. The van der Waals surface area contributed by atoms with Crippen LogP contribution in [-0.4, -0.2) is 5.78 Å². The van der Waals surface area contributed by atoms with Crippen LogP contribution in [0.1, 0.15) is 27.2 Å². The Bertz CT molecular complexity index is 124. The monoisotopic (exact) mass is 112 g/mol. The largest absolute Gasteiger partial charge is 0.299 e. The average Bonchev–Trinajstić information content (AvgIpc) is 1.65. The zero-order valence-electron chi connectivity index (χ0n) is 5.69. The number of carbonyl (C=O) groups excluding carboxylic acids is 1. The normalized spacial score (nSPS) is 34.4. The molecule has 0 heterocycles. The molecule has 0 saturated heterocycles. The molecule has 46 valence electrons. The van der Waals surface area contributed by atoms with Crippen molar-refractivity contribution in [1.82, 2.24) is 0 Å². The number of rotatable bonds is 0. The fraction of sp³-hybridized carbons (Fsp3) is 0.857. The van der Waals surface area contributed by atoms with Crippen LogP contribution in [0.2, 0.25) is 0 Å². The molecular weight excluding hydrogens is 100 g/mol. The summed E-state index contributed by atoms with van der Waals surface area (Å²) >= 11 is 0. The lowest BCUT2D eigenvalue weighted by atomic mass is 9.63. The van der Waals surface area contributed by atoms with Gasteiger partial charge >= 0.3 is 0 Å². The second-order valence-electron chi connectivity index (χ2n) is 3.35. The molecule has 1 nitrogen and oxygen atoms in total. The molecular formula is C7H12O. The lowest BCUT2D eigenvalue weighted by Crippen LogP contribution is -2.42. The predicted octanol–water partition coefficient (Wildman–Crippen LogP) is 1.62. The van der Waals surface area contributed by atoms with Crippen LogP contribution in [0.25, 0.3) is 0 Å². The third-order valence-corrected chi connectivity index (χ3v) is 2.29. The Morgan fingerprint density at radius 3 is 2.12 bits per heavy atom. The Morgan fingerprint density at radius 1 is 1.62 bits per heavy atom. The Balaban J connectivity index is 2.60. The first-order chi connectivity index (χ1) is 3.54. The van der Waals surface area contributed by atoms with Gasteiger partial charge in [-0.15, -0.1) is 0 Å². The van der Waals surface area contributed by atoms with Crippen molar-refractivity contribution in [1.29, 1.82) is 0 Å². The van der Waals surface area contributed by atoms with E-state index in [1.54, 1.807) is 0 Å². The molecule has 0 N–H and O–H groups in total. The first kappa shape index (κ1) is 5.80. The Labute approximate surface area is 50.1 Å². The van der Waals surface area contributed by atoms with Crippen molar-refractivity contribution < 1.29 is 4.79 Å². The van der Waals surface area contributed by atoms with E-state index in [-0.39, 0.29) is 0 Å². The number of hydrogen-bond acceptors (Lipinski definition) is 1. The summed E-state index contributed by atoms with van der Waals surface area (Å²) in [5.74, 6) is 0.734. The van der Waals surface area contributed by atoms with E-state index < -0.39 is 0 Å². The Hall–Kier alpha value is -0.330. The molecule has 1 saturated carbocycles. The molecule has 1 aliphatic carbocycles. The minimum absolute atomic E-state index is 0.303. The van der Waals surface area contributed by atoms with Crippen LogP contribution >= 0.6 is 0 Å². The van der Waals surface area contributed by atoms with Gasteiger partial charge in [0.25, 0.3) is 0 Å². The number of hydrogen-bond donors (Lipinski definition) is 0. The van der Waals surface area contributed by atoms with Crippen molar-refractivity contribution >= 4 is 5.78 Å². The molecule has 1 fully saturated rings. The highest BCUT2D eigenvalue weighted by Gasteiger charge is 2.42. The Kier molecular flexibility index (Phi) is 0.969. The van der Waals surface area contributed by atoms with Crippen LogP contribution in [-0.2, 0) is 4.79 Å². The summed E-state index contributed by atoms with van der Waals surface area (Å²) in [5.41, 5.74) is 0.303. The molecule has 1 unspecified atom stereocenters. The molecule has 0 aromatic heterocycles. The molecule has 1 aliphatic rings. The van der Waals surface area contributed by atoms with Crippen molar-refractivity contribution in [3.63, 3.8) is 0 Å². The van der Waals surface area contributed by atoms with Crippen molar-refractivity contribution in [2.45, 2.75) is 27.2 Å². The molecule has 1 heteroatoms. The van der Waals surface area contributed by atoms with E-state index >= 15 is 0 Å². The number of Topliss-reactive ketones (excluding diaryl/α,β-unsaturated/α-hetero) is 1. The topological polar surface area (TPSA) is 17.1 Å². The van der Waals surface area contributed by atoms with Crippen LogP contribution in [0.5, 0.6) is 0 Å². The molecule has 0 aliphatic heterocycles. The number of ketones is 1. The van der Waals surface area contributed by atoms with Crippen LogP contribution in [0, 0.1) is 11.3 Å². The van der Waals surface area contributed by atoms with Gasteiger partial charge in [0.2, 0.25) is 0 Å². The van der Waals surface area contributed by atoms with Gasteiger partial charge < -0.3 is 0 Å². The number of carbonyl (C=O) groups is 1. The molecule has 0 bridgehead atoms. The van der Waals surface area contributed by atoms with Gasteiger partial charge in [0.15, 0.2) is 0 Å². The molecule has 0 aromatic carbocycles. The van der Waals surface area contributed by atoms with Crippen LogP contribution in [0.3, 0.4) is 0 Å². The zero-order valence-corrected chi connectivity index (χ0v) is 5.69. The van der Waals surface area contributed by atoms with E-state index in [1.807, 2.05) is 6.92 Å². The van der Waals surface area contributed by atoms with E-state index in [1.165, 1.54) is 0 Å². The van der Waals surface area contributed by atoms with Gasteiger partial charge in [0, 0.05) is 12.3 Å². The second kappa shape index (κ2) is 1.34. The van der Waals surface area contributed by atoms with Gasteiger partial charge in [0.1, 0.15) is 5.78 Å². The summed E-state index contributed by atoms with van der Waals surface area (Å²) in [4.78, 5) is 10.6. The fourth-order valence-electron chi connectivity index (χ4n) is 1.06. The maximum absolute atomic E-state index is 10.6. The van der Waals surface area contributed by atoms with E-state index in [9.17, 15) is 4.79 Å². The summed E-state index contributed by atoms with van der Waals surface area (Å²) in [6.45, 7) is 6.28. The van der Waals surface area contributed by atoms with Gasteiger partial charge in [-0.05, 0) is 5.41 Å². The molecule has 0 spiro atoms. The highest BCUT2D eigenvalue weighted by molar-refractivity contribution is 5.88. The maximum atomic E-state index is 10.6. The van der Waals surface area contributed by atoms with Crippen molar-refractivity contribution in [3.8, 4) is 0 Å². The second-order valence-corrected chi connectivity index (χ2v) is 3.35. The molecule has 1 rings (SSSR count). The highest BCUT2D eigenvalue weighted by Crippen LogP contribution is 2.42. The maximum Gasteiger partial charge on any atom is 0.136 e. The molecule has 0 aromatic rings. The van der Waals surface area contributed by atoms with E-state index in [2.05, 4.69) is 13.8 Å². The van der Waals surface area contributed by atoms with E-state index in [0.717, 1.165) is 6.42 Å². The third kappa shape index (κ3) is 0.575. The van der Waals surface area contributed by atoms with E-state index in [0.29, 0.717) is 17.1 Å². The molecule has 0 radical (unpaired) electrons. The van der Waals surface area contributed by atoms with E-state index in [4.69, 9.17) is 0 Å². The zero-order chi connectivity index (χ0) is 6.36. The fourth-order valence-corrected chi connectivity index (χ4v) is 1.06. The first-order valence-corrected chi connectivity index (χ1v) is 3.07. The summed E-state index contributed by atoms with van der Waals surface area (Å²) < 4.78 is 0. The average molecular weight is 112 g/mol. The van der Waals surface area contributed by atoms with Gasteiger partial charge in [-0.3, -0.25) is 4.79 Å². The Morgan fingerprint density at radius 2 is 2.12 bits per heavy atom. The van der Waals surface area contributed by atoms with Gasteiger partial charge in [-0.25, -0.2) is 0 Å². The summed E-state index contributed by atoms with van der Waals surface area (Å²) in [7, 11) is 0. The quantitative estimate of drug-likeness (QED) is 0.465. The minimum Gasteiger partial charge on any atom is -0.299 e. The summed E-state index contributed by atoms with van der Waals surface area (Å²) in [6, 6.07) is 0. The van der Waals surface area contributed by atoms with Crippen molar-refractivity contribution in [2.75, 3.05) is 0 Å². The molecule has 8 heavy (non-hydrogen) atoms. The predicted molar refractivity (Wildman–Crippen MR) is 32.6 cm³/mol. The summed E-state index contributed by atoms with van der Waals surface area (Å²) in [5, 5.41) is 0. The lowest BCUT2D eigenvalue weighted by Gasteiger charge is -2.40. The van der Waals surface area contributed by atoms with Crippen LogP contribution < -0.4 is 0 Å². The minimum atomic E-state index is 0.303. The van der Waals surface area contributed by atoms with Crippen molar-refractivity contribution in [3.05, 3.63) is 0 Å². The SMILES string of the molecule is CC1C(=O)CC1(C)C. The first-order valence-electron chi connectivity index (χ1n) is 3.07. The third-order valence-electron chi connectivity index (χ3n) is 2.29. The lowest BCUT2D eigenvalue weighted by molar-refractivity contribution is -0.138. The van der Waals surface area contributed by atoms with Gasteiger partial charge in [-0.2, -0.15) is 0 Å².